The van der Waals surface area contributed by atoms with Crippen LogP contribution < -0.4 is 21.0 Å². The number of nitrogens with zero attached hydrogens (tertiary/aromatic N) is 1. The Hall–Kier alpha value is -1.37. The predicted molar refractivity (Wildman–Crippen MR) is 100 cm³/mol. The van der Waals surface area contributed by atoms with Gasteiger partial charge in [0, 0.05) is 12.6 Å². The molecule has 12 nitrogen and oxygen atoms in total. The van der Waals surface area contributed by atoms with Gasteiger partial charge in [-0.2, -0.15) is 0 Å². The summed E-state index contributed by atoms with van der Waals surface area (Å²) >= 11 is 0. The molecule has 29 heavy (non-hydrogen) atoms. The number of rotatable bonds is 8. The van der Waals surface area contributed by atoms with Crippen molar-refractivity contribution in [1.29, 1.82) is 0 Å². The van der Waals surface area contributed by atoms with Crippen LogP contribution in [0.4, 0.5) is 0 Å². The molecule has 1 saturated heterocycles. The third-order valence-corrected chi connectivity index (χ3v) is 5.10. The van der Waals surface area contributed by atoms with E-state index in [2.05, 4.69) is 25.3 Å². The zero-order valence-corrected chi connectivity index (χ0v) is 17.6. The monoisotopic (exact) mass is 439 g/mol. The van der Waals surface area contributed by atoms with Crippen molar-refractivity contribution in [2.45, 2.75) is 52.2 Å². The molecule has 1 aliphatic rings. The lowest BCUT2D eigenvalue weighted by Crippen LogP contribution is -3.11. The minimum absolute atomic E-state index is 0.0700. The quantitative estimate of drug-likeness (QED) is 0.265. The average Bonchev–Trinajstić information content (AvgIpc) is 3.02. The molecule has 13 heteroatoms. The fourth-order valence-corrected chi connectivity index (χ4v) is 3.14. The molecule has 1 fully saturated rings. The maximum atomic E-state index is 11.7. The third-order valence-electron chi connectivity index (χ3n) is 4.63. The van der Waals surface area contributed by atoms with E-state index in [0.29, 0.717) is 0 Å². The Morgan fingerprint density at radius 3 is 2.38 bits per heavy atom. The summed E-state index contributed by atoms with van der Waals surface area (Å²) in [6.45, 7) is 9.27. The Labute approximate surface area is 167 Å². The van der Waals surface area contributed by atoms with Gasteiger partial charge >= 0.3 is 5.69 Å². The number of aromatic nitrogens is 2. The van der Waals surface area contributed by atoms with Crippen LogP contribution in [-0.2, 0) is 20.4 Å². The lowest BCUT2D eigenvalue weighted by molar-refractivity contribution is -0.894. The first-order chi connectivity index (χ1) is 13.6. The Bertz CT molecular complexity index is 781. The Morgan fingerprint density at radius 1 is 1.34 bits per heavy atom. The van der Waals surface area contributed by atoms with Crippen LogP contribution in [0.1, 0.15) is 39.0 Å². The summed E-state index contributed by atoms with van der Waals surface area (Å²) in [4.78, 5) is 45.8. The second-order valence-corrected chi connectivity index (χ2v) is 7.68. The highest BCUT2D eigenvalue weighted by molar-refractivity contribution is 7.44. The number of nitrogens with one attached hydrogen (secondary N) is 2. The van der Waals surface area contributed by atoms with E-state index in [1.54, 1.807) is 4.90 Å². The molecule has 4 atom stereocenters. The third kappa shape index (κ3) is 8.11. The molecule has 1 aromatic heterocycles. The van der Waals surface area contributed by atoms with E-state index in [4.69, 9.17) is 14.7 Å². The molecule has 2 unspecified atom stereocenters. The second kappa shape index (κ2) is 11.7. The molecule has 1 aromatic rings. The largest absolute Gasteiger partial charge is 0.756 e. The van der Waals surface area contributed by atoms with E-state index in [-0.39, 0.29) is 12.0 Å². The summed E-state index contributed by atoms with van der Waals surface area (Å²) in [5.41, 5.74) is -1.62. The summed E-state index contributed by atoms with van der Waals surface area (Å²) in [7, 11) is -4.96. The lowest BCUT2D eigenvalue weighted by Gasteiger charge is -2.20. The number of ether oxygens (including phenoxy) is 1. The SMILES string of the molecule is CC[NH+](CC)CC.O=c1[nH]c(=O)n([C@H]2C[C@H](O)C(COP(=O)([O-])O)O2)cc1CO. The maximum absolute atomic E-state index is 11.7. The van der Waals surface area contributed by atoms with Crippen molar-refractivity contribution in [3.63, 3.8) is 0 Å². The number of quaternary nitrogens is 1. The van der Waals surface area contributed by atoms with Crippen molar-refractivity contribution in [3.05, 3.63) is 32.6 Å². The van der Waals surface area contributed by atoms with Crippen LogP contribution in [0.25, 0.3) is 0 Å². The first-order valence-electron chi connectivity index (χ1n) is 9.36. The molecule has 0 aliphatic carbocycles. The van der Waals surface area contributed by atoms with E-state index in [0.717, 1.165) is 10.8 Å². The molecule has 0 spiro atoms. The molecule has 2 rings (SSSR count). The van der Waals surface area contributed by atoms with E-state index < -0.39 is 50.7 Å². The van der Waals surface area contributed by atoms with Gasteiger partial charge in [0.15, 0.2) is 0 Å². The number of aliphatic hydroxyl groups excluding tert-OH is 2. The summed E-state index contributed by atoms with van der Waals surface area (Å²) in [5, 5.41) is 18.8. The van der Waals surface area contributed by atoms with Gasteiger partial charge in [0.05, 0.1) is 44.5 Å². The van der Waals surface area contributed by atoms with Crippen LogP contribution in [0.15, 0.2) is 15.8 Å². The van der Waals surface area contributed by atoms with Gasteiger partial charge in [0.25, 0.3) is 13.4 Å². The number of aromatic amines is 1. The van der Waals surface area contributed by atoms with E-state index in [1.165, 1.54) is 19.6 Å². The summed E-state index contributed by atoms with van der Waals surface area (Å²) in [6.07, 6.45) is -2.20. The molecular weight excluding hydrogens is 409 g/mol. The molecule has 0 saturated carbocycles. The highest BCUT2D eigenvalue weighted by Crippen LogP contribution is 2.34. The highest BCUT2D eigenvalue weighted by atomic mass is 31.2. The standard InChI is InChI=1S/C10H15N2O9P.C6H15N/c13-3-5-2-12(10(16)11-9(5)15)8-1-6(14)7(21-8)4-20-22(17,18)19;1-4-7(5-2)6-3/h2,6-8,13-14H,1,3-4H2,(H,11,15,16)(H2,17,18,19);4-6H2,1-3H3/t6-,7?,8+;/m0./s1. The molecule has 168 valence electrons. The summed E-state index contributed by atoms with van der Waals surface area (Å²) < 4.78 is 20.9. The van der Waals surface area contributed by atoms with Crippen LogP contribution in [0.2, 0.25) is 0 Å². The van der Waals surface area contributed by atoms with Gasteiger partial charge in [0.2, 0.25) is 0 Å². The van der Waals surface area contributed by atoms with Crippen molar-refractivity contribution < 1.29 is 38.7 Å². The molecule has 0 radical (unpaired) electrons. The number of phosphoric ester groups is 1. The predicted octanol–water partition coefficient (Wildman–Crippen LogP) is -2.91. The van der Waals surface area contributed by atoms with Crippen molar-refractivity contribution in [2.24, 2.45) is 0 Å². The Balaban J connectivity index is 0.000000516. The van der Waals surface area contributed by atoms with Crippen LogP contribution in [-0.4, -0.2) is 63.1 Å². The molecule has 1 aliphatic heterocycles. The number of H-pyrrole nitrogens is 1. The van der Waals surface area contributed by atoms with Crippen LogP contribution in [0.5, 0.6) is 0 Å². The van der Waals surface area contributed by atoms with Crippen LogP contribution in [0.3, 0.4) is 0 Å². The molecule has 5 N–H and O–H groups in total. The zero-order valence-electron chi connectivity index (χ0n) is 16.7. The first-order valence-corrected chi connectivity index (χ1v) is 10.9. The normalized spacial score (nSPS) is 23.5. The average molecular weight is 439 g/mol. The first kappa shape index (κ1) is 25.7. The van der Waals surface area contributed by atoms with Crippen molar-refractivity contribution in [3.8, 4) is 0 Å². The Kier molecular flexibility index (Phi) is 10.4. The molecule has 0 amide bonds. The minimum atomic E-state index is -4.96. The van der Waals surface area contributed by atoms with Gasteiger partial charge < -0.3 is 34.2 Å². The number of aliphatic hydroxyl groups is 2. The van der Waals surface area contributed by atoms with Crippen LogP contribution in [0, 0.1) is 0 Å². The molecule has 0 bridgehead atoms. The van der Waals surface area contributed by atoms with Crippen molar-refractivity contribution in [2.75, 3.05) is 26.2 Å². The molecular formula is C16H30N3O9P. The van der Waals surface area contributed by atoms with E-state index in [9.17, 15) is 24.2 Å². The highest BCUT2D eigenvalue weighted by Gasteiger charge is 2.36. The van der Waals surface area contributed by atoms with Gasteiger partial charge in [-0.25, -0.2) is 4.79 Å². The van der Waals surface area contributed by atoms with Gasteiger partial charge in [-0.3, -0.25) is 18.9 Å². The van der Waals surface area contributed by atoms with E-state index >= 15 is 0 Å². The van der Waals surface area contributed by atoms with E-state index in [1.807, 2.05) is 4.98 Å². The maximum Gasteiger partial charge on any atom is 0.330 e. The summed E-state index contributed by atoms with van der Waals surface area (Å²) in [5.74, 6) is 0. The number of hydrogen-bond donors (Lipinski definition) is 5. The summed E-state index contributed by atoms with van der Waals surface area (Å²) in [6, 6.07) is 0. The van der Waals surface area contributed by atoms with Gasteiger partial charge in [0.1, 0.15) is 12.3 Å². The smallest absolute Gasteiger partial charge is 0.330 e. The fourth-order valence-electron chi connectivity index (χ4n) is 2.81. The number of phosphoric acid groups is 1. The minimum Gasteiger partial charge on any atom is -0.756 e. The number of hydrogen-bond acceptors (Lipinski definition) is 8. The molecule has 2 heterocycles. The van der Waals surface area contributed by atoms with Crippen LogP contribution >= 0.6 is 7.82 Å². The Morgan fingerprint density at radius 2 is 1.93 bits per heavy atom. The second-order valence-electron chi connectivity index (χ2n) is 6.49. The van der Waals surface area contributed by atoms with Gasteiger partial charge in [-0.05, 0) is 20.8 Å². The van der Waals surface area contributed by atoms with Gasteiger partial charge in [-0.1, -0.05) is 0 Å². The van der Waals surface area contributed by atoms with Crippen molar-refractivity contribution in [1.82, 2.24) is 9.55 Å². The lowest BCUT2D eigenvalue weighted by atomic mass is 10.2. The molecule has 0 aromatic carbocycles. The zero-order chi connectivity index (χ0) is 22.2. The fraction of sp³-hybridized carbons (Fsp3) is 0.750. The topological polar surface area (TPSA) is 179 Å². The van der Waals surface area contributed by atoms with Crippen molar-refractivity contribution >= 4 is 7.82 Å². The van der Waals surface area contributed by atoms with Gasteiger partial charge in [-0.15, -0.1) is 0 Å².